The number of piperidine rings is 1. The van der Waals surface area contributed by atoms with Crippen LogP contribution in [0, 0.1) is 0 Å². The van der Waals surface area contributed by atoms with Crippen LogP contribution >= 0.6 is 0 Å². The lowest BCUT2D eigenvalue weighted by molar-refractivity contribution is -0.131. The lowest BCUT2D eigenvalue weighted by Gasteiger charge is -2.47. The maximum atomic E-state index is 12.9. The summed E-state index contributed by atoms with van der Waals surface area (Å²) in [5.74, 6) is 1.41. The second kappa shape index (κ2) is 8.12. The minimum Gasteiger partial charge on any atom is -0.487 e. The Morgan fingerprint density at radius 2 is 1.47 bits per heavy atom. The van der Waals surface area contributed by atoms with Crippen LogP contribution in [0.2, 0.25) is 0 Å². The van der Waals surface area contributed by atoms with Crippen molar-refractivity contribution in [2.24, 2.45) is 0 Å². The molecule has 4 aliphatic heterocycles. The van der Waals surface area contributed by atoms with Crippen LogP contribution in [0.3, 0.4) is 0 Å². The van der Waals surface area contributed by atoms with E-state index in [4.69, 9.17) is 4.74 Å². The average molecular weight is 412 g/mol. The first-order chi connectivity index (χ1) is 14.6. The van der Waals surface area contributed by atoms with Gasteiger partial charge in [0.25, 0.3) is 0 Å². The zero-order valence-electron chi connectivity index (χ0n) is 17.9. The number of rotatable bonds is 2. The van der Waals surface area contributed by atoms with Gasteiger partial charge in [-0.3, -0.25) is 4.79 Å². The van der Waals surface area contributed by atoms with E-state index in [9.17, 15) is 9.59 Å². The van der Waals surface area contributed by atoms with Gasteiger partial charge in [0, 0.05) is 64.4 Å². The summed E-state index contributed by atoms with van der Waals surface area (Å²) in [4.78, 5) is 31.7. The Labute approximate surface area is 179 Å². The summed E-state index contributed by atoms with van der Waals surface area (Å²) in [7, 11) is 0. The number of para-hydroxylation sites is 1. The number of fused-ring (bicyclic) bond motifs is 1. The summed E-state index contributed by atoms with van der Waals surface area (Å²) in [5, 5.41) is 0. The van der Waals surface area contributed by atoms with E-state index in [1.165, 1.54) is 5.56 Å². The first-order valence-corrected chi connectivity index (χ1v) is 11.7. The molecule has 0 bridgehead atoms. The Kier molecular flexibility index (Phi) is 5.34. The van der Waals surface area contributed by atoms with Crippen molar-refractivity contribution in [3.8, 4) is 5.75 Å². The van der Waals surface area contributed by atoms with Crippen LogP contribution in [0.5, 0.6) is 5.75 Å². The Balaban J connectivity index is 1.29. The van der Waals surface area contributed by atoms with Crippen LogP contribution in [-0.4, -0.2) is 71.5 Å². The van der Waals surface area contributed by atoms with E-state index in [1.807, 2.05) is 32.9 Å². The number of carbonyl (C=O) groups excluding carboxylic acids is 2. The highest BCUT2D eigenvalue weighted by Gasteiger charge is 2.45. The molecule has 162 valence electrons. The van der Waals surface area contributed by atoms with Crippen molar-refractivity contribution in [1.82, 2.24) is 14.7 Å². The van der Waals surface area contributed by atoms with E-state index in [0.29, 0.717) is 6.42 Å². The molecule has 0 radical (unpaired) electrons. The number of ether oxygens (including phenoxy) is 1. The van der Waals surface area contributed by atoms with Crippen LogP contribution in [0.15, 0.2) is 24.3 Å². The largest absolute Gasteiger partial charge is 0.487 e. The molecule has 4 heterocycles. The highest BCUT2D eigenvalue weighted by atomic mass is 16.5. The van der Waals surface area contributed by atoms with E-state index in [2.05, 4.69) is 6.07 Å². The molecule has 30 heavy (non-hydrogen) atoms. The highest BCUT2D eigenvalue weighted by molar-refractivity contribution is 5.77. The number of urea groups is 1. The molecule has 3 saturated heterocycles. The van der Waals surface area contributed by atoms with Crippen molar-refractivity contribution in [2.75, 3.05) is 39.3 Å². The van der Waals surface area contributed by atoms with Gasteiger partial charge in [-0.05, 0) is 43.7 Å². The van der Waals surface area contributed by atoms with Crippen molar-refractivity contribution in [2.45, 2.75) is 62.9 Å². The maximum Gasteiger partial charge on any atom is 0.320 e. The summed E-state index contributed by atoms with van der Waals surface area (Å²) in [5.41, 5.74) is 0.915. The molecule has 3 amide bonds. The number of hydrogen-bond acceptors (Lipinski definition) is 3. The molecular formula is C24H33N3O3. The number of hydrogen-bond donors (Lipinski definition) is 0. The number of benzene rings is 1. The van der Waals surface area contributed by atoms with Gasteiger partial charge in [0.2, 0.25) is 5.91 Å². The van der Waals surface area contributed by atoms with Gasteiger partial charge in [0.15, 0.2) is 0 Å². The molecule has 0 aliphatic carbocycles. The fraction of sp³-hybridized carbons (Fsp3) is 0.667. The molecule has 0 saturated carbocycles. The molecule has 4 aliphatic rings. The topological polar surface area (TPSA) is 53.1 Å². The molecule has 5 rings (SSSR count). The van der Waals surface area contributed by atoms with Gasteiger partial charge in [0.1, 0.15) is 11.4 Å². The zero-order chi connectivity index (χ0) is 20.6. The SMILES string of the molecule is O=C(CC1CC2(CCN(C(=O)N3CCCC3)CC2)Oc2ccccc21)N1CCCC1. The summed E-state index contributed by atoms with van der Waals surface area (Å²) in [6.07, 6.45) is 7.62. The third-order valence-corrected chi connectivity index (χ3v) is 7.51. The molecule has 6 nitrogen and oxygen atoms in total. The fourth-order valence-electron chi connectivity index (χ4n) is 5.75. The lowest BCUT2D eigenvalue weighted by atomic mass is 9.76. The van der Waals surface area contributed by atoms with E-state index in [1.54, 1.807) is 0 Å². The van der Waals surface area contributed by atoms with E-state index in [-0.39, 0.29) is 23.5 Å². The van der Waals surface area contributed by atoms with E-state index in [0.717, 1.165) is 90.0 Å². The van der Waals surface area contributed by atoms with Gasteiger partial charge >= 0.3 is 6.03 Å². The standard InChI is InChI=1S/C24H33N3O3/c28-22(25-11-3-4-12-25)17-19-18-24(30-21-8-2-1-7-20(19)21)9-15-27(16-10-24)23(29)26-13-5-6-14-26/h1-2,7-8,19H,3-6,9-18H2. The molecule has 1 atom stereocenters. The predicted octanol–water partition coefficient (Wildman–Crippen LogP) is 3.62. The predicted molar refractivity (Wildman–Crippen MR) is 115 cm³/mol. The van der Waals surface area contributed by atoms with Gasteiger partial charge < -0.3 is 19.4 Å². The Hall–Kier alpha value is -2.24. The summed E-state index contributed by atoms with van der Waals surface area (Å²) >= 11 is 0. The van der Waals surface area contributed by atoms with Gasteiger partial charge in [-0.25, -0.2) is 4.79 Å². The van der Waals surface area contributed by atoms with Gasteiger partial charge in [-0.2, -0.15) is 0 Å². The van der Waals surface area contributed by atoms with Crippen LogP contribution in [-0.2, 0) is 4.79 Å². The molecule has 6 heteroatoms. The van der Waals surface area contributed by atoms with Crippen molar-refractivity contribution in [3.63, 3.8) is 0 Å². The van der Waals surface area contributed by atoms with Crippen molar-refractivity contribution in [1.29, 1.82) is 0 Å². The minimum absolute atomic E-state index is 0.194. The minimum atomic E-state index is -0.258. The van der Waals surface area contributed by atoms with Gasteiger partial charge in [-0.15, -0.1) is 0 Å². The smallest absolute Gasteiger partial charge is 0.320 e. The Morgan fingerprint density at radius 1 is 0.867 bits per heavy atom. The quantitative estimate of drug-likeness (QED) is 0.747. The molecule has 1 aromatic rings. The molecule has 1 aromatic carbocycles. The number of likely N-dealkylation sites (tertiary alicyclic amines) is 3. The van der Waals surface area contributed by atoms with Crippen LogP contribution in [0.4, 0.5) is 4.79 Å². The second-order valence-corrected chi connectivity index (χ2v) is 9.48. The number of carbonyl (C=O) groups is 2. The van der Waals surface area contributed by atoms with Crippen molar-refractivity contribution < 1.29 is 14.3 Å². The third kappa shape index (κ3) is 3.77. The zero-order valence-corrected chi connectivity index (χ0v) is 17.9. The van der Waals surface area contributed by atoms with Gasteiger partial charge in [0.05, 0.1) is 0 Å². The first-order valence-electron chi connectivity index (χ1n) is 11.7. The molecule has 3 fully saturated rings. The van der Waals surface area contributed by atoms with E-state index >= 15 is 0 Å². The highest BCUT2D eigenvalue weighted by Crippen LogP contribution is 2.46. The first kappa shape index (κ1) is 19.7. The fourth-order valence-corrected chi connectivity index (χ4v) is 5.75. The molecule has 0 N–H and O–H groups in total. The van der Waals surface area contributed by atoms with Crippen molar-refractivity contribution >= 4 is 11.9 Å². The normalized spacial score (nSPS) is 25.3. The van der Waals surface area contributed by atoms with Crippen molar-refractivity contribution in [3.05, 3.63) is 29.8 Å². The van der Waals surface area contributed by atoms with E-state index < -0.39 is 0 Å². The number of amides is 3. The van der Waals surface area contributed by atoms with Crippen LogP contribution in [0.1, 0.15) is 62.8 Å². The lowest BCUT2D eigenvalue weighted by Crippen LogP contribution is -2.54. The summed E-state index contributed by atoms with van der Waals surface area (Å²) < 4.78 is 6.57. The second-order valence-electron chi connectivity index (χ2n) is 9.48. The van der Waals surface area contributed by atoms with Crippen LogP contribution < -0.4 is 4.74 Å². The average Bonchev–Trinajstić information content (AvgIpc) is 3.48. The number of nitrogens with zero attached hydrogens (tertiary/aromatic N) is 3. The monoisotopic (exact) mass is 411 g/mol. The van der Waals surface area contributed by atoms with Crippen LogP contribution in [0.25, 0.3) is 0 Å². The summed E-state index contributed by atoms with van der Waals surface area (Å²) in [6.45, 7) is 5.08. The molecule has 0 aromatic heterocycles. The molecule has 1 unspecified atom stereocenters. The van der Waals surface area contributed by atoms with Gasteiger partial charge in [-0.1, -0.05) is 18.2 Å². The third-order valence-electron chi connectivity index (χ3n) is 7.51. The molecular weight excluding hydrogens is 378 g/mol. The Bertz CT molecular complexity index is 791. The summed E-state index contributed by atoms with van der Waals surface area (Å²) in [6, 6.07) is 8.43. The maximum absolute atomic E-state index is 12.9. The Morgan fingerprint density at radius 3 is 2.17 bits per heavy atom. The molecule has 1 spiro atoms.